The average Bonchev–Trinajstić information content (AvgIpc) is 3.50. The number of carbonyl (C=O) groups excluding carboxylic acids is 1. The SMILES string of the molecule is CCn1c(COc2ccc(F)cc2)nnc1SCC(=O)Nc1ccc(-c2nc3ccc(C)cc3s2)cc1. The molecule has 0 saturated carbocycles. The molecule has 0 atom stereocenters. The number of ether oxygens (including phenoxy) is 1. The number of aryl methyl sites for hydroxylation is 1. The molecule has 10 heteroatoms. The van der Waals surface area contributed by atoms with Gasteiger partial charge in [0.2, 0.25) is 5.91 Å². The van der Waals surface area contributed by atoms with Crippen molar-refractivity contribution in [2.75, 3.05) is 11.1 Å². The summed E-state index contributed by atoms with van der Waals surface area (Å²) in [5.41, 5.74) is 3.93. The van der Waals surface area contributed by atoms with E-state index in [1.165, 1.54) is 29.5 Å². The number of amides is 1. The Hall–Kier alpha value is -3.76. The molecule has 0 fully saturated rings. The Bertz CT molecular complexity index is 1530. The van der Waals surface area contributed by atoms with Gasteiger partial charge in [-0.2, -0.15) is 0 Å². The average molecular weight is 534 g/mol. The maximum Gasteiger partial charge on any atom is 0.234 e. The Kier molecular flexibility index (Phi) is 7.47. The summed E-state index contributed by atoms with van der Waals surface area (Å²) in [6.45, 7) is 4.87. The first kappa shape index (κ1) is 24.9. The minimum absolute atomic E-state index is 0.136. The summed E-state index contributed by atoms with van der Waals surface area (Å²) >= 11 is 2.97. The van der Waals surface area contributed by atoms with Crippen LogP contribution in [0.3, 0.4) is 0 Å². The molecule has 0 bridgehead atoms. The van der Waals surface area contributed by atoms with Crippen LogP contribution in [0, 0.1) is 12.7 Å². The van der Waals surface area contributed by atoms with Crippen LogP contribution in [0.1, 0.15) is 18.3 Å². The number of thioether (sulfide) groups is 1. The lowest BCUT2D eigenvalue weighted by atomic mass is 10.2. The molecule has 0 saturated heterocycles. The van der Waals surface area contributed by atoms with Crippen molar-refractivity contribution >= 4 is 44.9 Å². The van der Waals surface area contributed by atoms with Gasteiger partial charge in [-0.25, -0.2) is 9.37 Å². The predicted octanol–water partition coefficient (Wildman–Crippen LogP) is 6.33. The molecule has 0 aliphatic rings. The number of carbonyl (C=O) groups is 1. The number of rotatable bonds is 9. The summed E-state index contributed by atoms with van der Waals surface area (Å²) < 4.78 is 21.8. The van der Waals surface area contributed by atoms with E-state index in [2.05, 4.69) is 34.6 Å². The maximum absolute atomic E-state index is 13.1. The van der Waals surface area contributed by atoms with Gasteiger partial charge in [-0.3, -0.25) is 4.79 Å². The van der Waals surface area contributed by atoms with Crippen LogP contribution in [0.2, 0.25) is 0 Å². The lowest BCUT2D eigenvalue weighted by Crippen LogP contribution is -2.15. The van der Waals surface area contributed by atoms with E-state index in [-0.39, 0.29) is 24.1 Å². The van der Waals surface area contributed by atoms with Gasteiger partial charge in [0, 0.05) is 17.8 Å². The van der Waals surface area contributed by atoms with Crippen molar-refractivity contribution in [1.29, 1.82) is 0 Å². The highest BCUT2D eigenvalue weighted by molar-refractivity contribution is 7.99. The molecule has 0 unspecified atom stereocenters. The smallest absolute Gasteiger partial charge is 0.234 e. The highest BCUT2D eigenvalue weighted by Gasteiger charge is 2.14. The van der Waals surface area contributed by atoms with Crippen molar-refractivity contribution in [3.8, 4) is 16.3 Å². The summed E-state index contributed by atoms with van der Waals surface area (Å²) in [6, 6.07) is 19.8. The van der Waals surface area contributed by atoms with Crippen molar-refractivity contribution in [1.82, 2.24) is 19.7 Å². The first-order valence-corrected chi connectivity index (χ1v) is 13.5. The number of halogens is 1. The molecular weight excluding hydrogens is 509 g/mol. The standard InChI is InChI=1S/C27H24FN5O2S2/c1-3-33-24(15-35-21-11-7-19(28)8-12-21)31-32-27(33)36-16-25(34)29-20-9-5-18(6-10-20)26-30-22-13-4-17(2)14-23(22)37-26/h4-14H,3,15-16H2,1-2H3,(H,29,34). The zero-order chi connectivity index (χ0) is 25.8. The lowest BCUT2D eigenvalue weighted by molar-refractivity contribution is -0.113. The monoisotopic (exact) mass is 533 g/mol. The summed E-state index contributed by atoms with van der Waals surface area (Å²) in [7, 11) is 0. The second-order valence-corrected chi connectivity index (χ2v) is 10.3. The molecule has 37 heavy (non-hydrogen) atoms. The zero-order valence-corrected chi connectivity index (χ0v) is 21.9. The molecule has 7 nitrogen and oxygen atoms in total. The Balaban J connectivity index is 1.16. The van der Waals surface area contributed by atoms with Crippen molar-refractivity contribution in [2.24, 2.45) is 0 Å². The molecule has 1 amide bonds. The van der Waals surface area contributed by atoms with Crippen LogP contribution in [0.25, 0.3) is 20.8 Å². The second kappa shape index (κ2) is 11.1. The van der Waals surface area contributed by atoms with Gasteiger partial charge >= 0.3 is 0 Å². The highest BCUT2D eigenvalue weighted by atomic mass is 32.2. The fourth-order valence-electron chi connectivity index (χ4n) is 3.71. The van der Waals surface area contributed by atoms with Crippen molar-refractivity contribution < 1.29 is 13.9 Å². The van der Waals surface area contributed by atoms with Crippen molar-refractivity contribution in [3.63, 3.8) is 0 Å². The van der Waals surface area contributed by atoms with Gasteiger partial charge in [0.25, 0.3) is 0 Å². The van der Waals surface area contributed by atoms with Crippen LogP contribution < -0.4 is 10.1 Å². The number of anilines is 1. The number of thiazole rings is 1. The van der Waals surface area contributed by atoms with Crippen LogP contribution in [-0.2, 0) is 17.9 Å². The Morgan fingerprint density at radius 2 is 1.86 bits per heavy atom. The minimum Gasteiger partial charge on any atom is -0.486 e. The van der Waals surface area contributed by atoms with Crippen LogP contribution in [0.5, 0.6) is 5.75 Å². The summed E-state index contributed by atoms with van der Waals surface area (Å²) in [4.78, 5) is 17.3. The third-order valence-electron chi connectivity index (χ3n) is 5.58. The topological polar surface area (TPSA) is 81.9 Å². The van der Waals surface area contributed by atoms with E-state index in [4.69, 9.17) is 9.72 Å². The molecule has 0 aliphatic heterocycles. The molecule has 2 heterocycles. The van der Waals surface area contributed by atoms with Crippen molar-refractivity contribution in [2.45, 2.75) is 32.2 Å². The van der Waals surface area contributed by atoms with Gasteiger partial charge in [-0.05, 0) is 80.1 Å². The number of nitrogens with one attached hydrogen (secondary N) is 1. The second-order valence-electron chi connectivity index (χ2n) is 8.29. The van der Waals surface area contributed by atoms with Crippen LogP contribution in [-0.4, -0.2) is 31.4 Å². The molecule has 0 spiro atoms. The van der Waals surface area contributed by atoms with E-state index in [0.29, 0.717) is 23.3 Å². The van der Waals surface area contributed by atoms with Gasteiger partial charge < -0.3 is 14.6 Å². The third-order valence-corrected chi connectivity index (χ3v) is 7.62. The van der Waals surface area contributed by atoms with E-state index < -0.39 is 0 Å². The summed E-state index contributed by atoms with van der Waals surface area (Å²) in [5, 5.41) is 12.9. The summed E-state index contributed by atoms with van der Waals surface area (Å²) in [5.74, 6) is 0.916. The Labute approximate surface area is 221 Å². The number of hydrogen-bond acceptors (Lipinski definition) is 7. The fraction of sp³-hybridized carbons (Fsp3) is 0.185. The number of aromatic nitrogens is 4. The molecule has 0 radical (unpaired) electrons. The minimum atomic E-state index is -0.319. The molecule has 5 rings (SSSR count). The number of hydrogen-bond donors (Lipinski definition) is 1. The quantitative estimate of drug-likeness (QED) is 0.223. The number of nitrogens with zero attached hydrogens (tertiary/aromatic N) is 4. The van der Waals surface area contributed by atoms with E-state index in [0.717, 1.165) is 26.5 Å². The van der Waals surface area contributed by atoms with Gasteiger partial charge in [0.15, 0.2) is 11.0 Å². The largest absolute Gasteiger partial charge is 0.486 e. The fourth-order valence-corrected chi connectivity index (χ4v) is 5.60. The van der Waals surface area contributed by atoms with Gasteiger partial charge in [-0.15, -0.1) is 21.5 Å². The Morgan fingerprint density at radius 3 is 2.62 bits per heavy atom. The van der Waals surface area contributed by atoms with Crippen LogP contribution >= 0.6 is 23.1 Å². The summed E-state index contributed by atoms with van der Waals surface area (Å²) in [6.07, 6.45) is 0. The van der Waals surface area contributed by atoms with E-state index in [9.17, 15) is 9.18 Å². The normalized spacial score (nSPS) is 11.1. The van der Waals surface area contributed by atoms with Crippen LogP contribution in [0.15, 0.2) is 71.9 Å². The Morgan fingerprint density at radius 1 is 1.08 bits per heavy atom. The molecule has 188 valence electrons. The third kappa shape index (κ3) is 5.98. The number of fused-ring (bicyclic) bond motifs is 1. The van der Waals surface area contributed by atoms with Gasteiger partial charge in [0.1, 0.15) is 23.2 Å². The zero-order valence-electron chi connectivity index (χ0n) is 20.3. The molecular formula is C27H24FN5O2S2. The van der Waals surface area contributed by atoms with Gasteiger partial charge in [-0.1, -0.05) is 17.8 Å². The van der Waals surface area contributed by atoms with E-state index in [1.807, 2.05) is 41.8 Å². The lowest BCUT2D eigenvalue weighted by Gasteiger charge is -2.09. The highest BCUT2D eigenvalue weighted by Crippen LogP contribution is 2.31. The molecule has 3 aromatic carbocycles. The van der Waals surface area contributed by atoms with Crippen molar-refractivity contribution in [3.05, 3.63) is 83.9 Å². The van der Waals surface area contributed by atoms with Gasteiger partial charge in [0.05, 0.1) is 16.0 Å². The van der Waals surface area contributed by atoms with Crippen LogP contribution in [0.4, 0.5) is 10.1 Å². The maximum atomic E-state index is 13.1. The number of benzene rings is 3. The molecule has 1 N–H and O–H groups in total. The molecule has 5 aromatic rings. The van der Waals surface area contributed by atoms with E-state index >= 15 is 0 Å². The molecule has 0 aliphatic carbocycles. The molecule has 2 aromatic heterocycles. The van der Waals surface area contributed by atoms with E-state index in [1.54, 1.807) is 23.5 Å². The first-order valence-electron chi connectivity index (χ1n) is 11.7. The predicted molar refractivity (Wildman–Crippen MR) is 146 cm³/mol. The first-order chi connectivity index (χ1) is 18.0.